The third-order valence-electron chi connectivity index (χ3n) is 6.44. The Morgan fingerprint density at radius 2 is 1.56 bits per heavy atom. The Morgan fingerprint density at radius 3 is 2.36 bits per heavy atom. The molecule has 0 radical (unpaired) electrons. The summed E-state index contributed by atoms with van der Waals surface area (Å²) in [4.78, 5) is 7.78. The van der Waals surface area contributed by atoms with Gasteiger partial charge in [0.05, 0.1) is 5.92 Å². The lowest BCUT2D eigenvalue weighted by Gasteiger charge is -2.41. The van der Waals surface area contributed by atoms with E-state index in [4.69, 9.17) is 4.99 Å². The first-order valence-corrected chi connectivity index (χ1v) is 9.82. The van der Waals surface area contributed by atoms with Crippen LogP contribution in [0, 0.1) is 5.41 Å². The van der Waals surface area contributed by atoms with Gasteiger partial charge < -0.3 is 4.90 Å². The fourth-order valence-electron chi connectivity index (χ4n) is 5.14. The molecular weight excluding hydrogens is 304 g/mol. The molecule has 25 heavy (non-hydrogen) atoms. The summed E-state index contributed by atoms with van der Waals surface area (Å²) in [6.45, 7) is 2.18. The van der Waals surface area contributed by atoms with E-state index < -0.39 is 0 Å². The Kier molecular flexibility index (Phi) is 3.65. The van der Waals surface area contributed by atoms with Crippen molar-refractivity contribution in [3.63, 3.8) is 0 Å². The van der Waals surface area contributed by atoms with E-state index in [1.54, 1.807) is 0 Å². The molecule has 2 aromatic rings. The number of aliphatic imine (C=N–C) groups is 1. The minimum atomic E-state index is 0.306. The number of benzene rings is 2. The molecule has 1 atom stereocenters. The average molecular weight is 330 g/mol. The molecule has 2 aliphatic heterocycles. The molecule has 2 nitrogen and oxygen atoms in total. The summed E-state index contributed by atoms with van der Waals surface area (Å²) in [5, 5.41) is 0. The van der Waals surface area contributed by atoms with E-state index in [2.05, 4.69) is 59.5 Å². The predicted octanol–water partition coefficient (Wildman–Crippen LogP) is 5.39. The molecule has 0 aromatic heterocycles. The minimum Gasteiger partial charge on any atom is -0.328 e. The van der Waals surface area contributed by atoms with Crippen LogP contribution in [0.15, 0.2) is 59.6 Å². The quantitative estimate of drug-likeness (QED) is 0.684. The smallest absolute Gasteiger partial charge is 0.115 e. The van der Waals surface area contributed by atoms with E-state index in [0.29, 0.717) is 11.3 Å². The Morgan fingerprint density at radius 1 is 0.840 bits per heavy atom. The lowest BCUT2D eigenvalue weighted by Crippen LogP contribution is -2.46. The summed E-state index contributed by atoms with van der Waals surface area (Å²) >= 11 is 0. The van der Waals surface area contributed by atoms with E-state index in [0.717, 1.165) is 13.1 Å². The molecule has 0 amide bonds. The van der Waals surface area contributed by atoms with E-state index in [-0.39, 0.29) is 0 Å². The molecule has 0 bridgehead atoms. The van der Waals surface area contributed by atoms with Crippen LogP contribution in [0.5, 0.6) is 0 Å². The van der Waals surface area contributed by atoms with Crippen LogP contribution < -0.4 is 4.90 Å². The Hall–Kier alpha value is -2.09. The monoisotopic (exact) mass is 330 g/mol. The topological polar surface area (TPSA) is 15.6 Å². The molecular formula is C23H26N2. The van der Waals surface area contributed by atoms with Crippen molar-refractivity contribution in [2.45, 2.75) is 44.4 Å². The first-order chi connectivity index (χ1) is 12.4. The predicted molar refractivity (Wildman–Crippen MR) is 105 cm³/mol. The van der Waals surface area contributed by atoms with Crippen molar-refractivity contribution < 1.29 is 0 Å². The van der Waals surface area contributed by atoms with Gasteiger partial charge in [-0.3, -0.25) is 4.99 Å². The molecule has 3 aliphatic rings. The van der Waals surface area contributed by atoms with Gasteiger partial charge in [0.15, 0.2) is 0 Å². The second-order valence-corrected chi connectivity index (χ2v) is 8.08. The van der Waals surface area contributed by atoms with E-state index in [1.165, 1.54) is 61.2 Å². The molecule has 2 aromatic carbocycles. The first kappa shape index (κ1) is 15.2. The third-order valence-corrected chi connectivity index (χ3v) is 6.44. The average Bonchev–Trinajstić information content (AvgIpc) is 2.81. The van der Waals surface area contributed by atoms with Crippen molar-refractivity contribution >= 4 is 11.5 Å². The van der Waals surface area contributed by atoms with Crippen LogP contribution in [-0.2, 0) is 0 Å². The van der Waals surface area contributed by atoms with Crippen LogP contribution in [0.3, 0.4) is 0 Å². The summed E-state index contributed by atoms with van der Waals surface area (Å²) in [5.74, 6) is 1.59. The van der Waals surface area contributed by atoms with Gasteiger partial charge in [-0.25, -0.2) is 0 Å². The van der Waals surface area contributed by atoms with Gasteiger partial charge in [-0.1, -0.05) is 74.2 Å². The minimum absolute atomic E-state index is 0.306. The van der Waals surface area contributed by atoms with Gasteiger partial charge >= 0.3 is 0 Å². The summed E-state index contributed by atoms with van der Waals surface area (Å²) < 4.78 is 0. The number of amidine groups is 1. The van der Waals surface area contributed by atoms with Crippen molar-refractivity contribution in [2.24, 2.45) is 10.4 Å². The maximum Gasteiger partial charge on any atom is 0.115 e. The molecule has 5 rings (SSSR count). The molecule has 1 aliphatic carbocycles. The van der Waals surface area contributed by atoms with Gasteiger partial charge in [0.25, 0.3) is 0 Å². The van der Waals surface area contributed by atoms with E-state index in [9.17, 15) is 0 Å². The van der Waals surface area contributed by atoms with E-state index >= 15 is 0 Å². The summed E-state index contributed by atoms with van der Waals surface area (Å²) in [6, 6.07) is 19.9. The molecule has 1 unspecified atom stereocenters. The fraction of sp³-hybridized carbons (Fsp3) is 0.435. The van der Waals surface area contributed by atoms with Crippen molar-refractivity contribution in [1.82, 2.24) is 0 Å². The maximum absolute atomic E-state index is 5.23. The highest BCUT2D eigenvalue weighted by atomic mass is 15.3. The number of hydrogen-bond acceptors (Lipinski definition) is 2. The molecule has 2 heteroatoms. The highest BCUT2D eigenvalue weighted by Gasteiger charge is 2.44. The van der Waals surface area contributed by atoms with Crippen molar-refractivity contribution in [1.29, 1.82) is 0 Å². The summed E-state index contributed by atoms with van der Waals surface area (Å²) in [5.41, 5.74) is 4.59. The van der Waals surface area contributed by atoms with Crippen LogP contribution in [0.25, 0.3) is 0 Å². The number of anilines is 1. The van der Waals surface area contributed by atoms with Crippen molar-refractivity contribution in [2.75, 3.05) is 18.0 Å². The maximum atomic E-state index is 5.23. The number of hydrogen-bond donors (Lipinski definition) is 0. The first-order valence-electron chi connectivity index (χ1n) is 9.82. The molecule has 0 N–H and O–H groups in total. The van der Waals surface area contributed by atoms with Crippen LogP contribution in [0.2, 0.25) is 0 Å². The molecule has 0 saturated heterocycles. The highest BCUT2D eigenvalue weighted by molar-refractivity contribution is 6.10. The van der Waals surface area contributed by atoms with Gasteiger partial charge in [-0.2, -0.15) is 0 Å². The van der Waals surface area contributed by atoms with Crippen LogP contribution in [0.4, 0.5) is 5.69 Å². The SMILES string of the molecule is c1ccc(C2C3=NCC4(CCCCCC4)CN3c3ccccc32)cc1. The second-order valence-electron chi connectivity index (χ2n) is 8.08. The molecule has 1 saturated carbocycles. The Balaban J connectivity index is 1.59. The molecule has 128 valence electrons. The van der Waals surface area contributed by atoms with Crippen LogP contribution >= 0.6 is 0 Å². The Bertz CT molecular complexity index is 785. The zero-order valence-electron chi connectivity index (χ0n) is 14.8. The number of fused-ring (bicyclic) bond motifs is 3. The molecule has 1 fully saturated rings. The number of nitrogens with zero attached hydrogens (tertiary/aromatic N) is 2. The van der Waals surface area contributed by atoms with Gasteiger partial charge in [0.2, 0.25) is 0 Å². The zero-order chi connectivity index (χ0) is 16.7. The standard InChI is InChI=1S/C23H26N2/c1-2-9-15-23(14-8-1)16-24-22-21(18-10-4-3-5-11-18)19-12-6-7-13-20(19)25(22)17-23/h3-7,10-13,21H,1-2,8-9,14-17H2. The molecule has 1 spiro atoms. The van der Waals surface area contributed by atoms with Gasteiger partial charge in [-0.05, 0) is 30.0 Å². The second kappa shape index (κ2) is 6.01. The van der Waals surface area contributed by atoms with Crippen molar-refractivity contribution in [3.8, 4) is 0 Å². The lowest BCUT2D eigenvalue weighted by atomic mass is 9.78. The number of rotatable bonds is 1. The molecule has 2 heterocycles. The number of para-hydroxylation sites is 1. The largest absolute Gasteiger partial charge is 0.328 e. The zero-order valence-corrected chi connectivity index (χ0v) is 14.8. The summed E-state index contributed by atoms with van der Waals surface area (Å²) in [7, 11) is 0. The normalized spacial score (nSPS) is 24.4. The van der Waals surface area contributed by atoms with Crippen LogP contribution in [-0.4, -0.2) is 18.9 Å². The van der Waals surface area contributed by atoms with E-state index in [1.807, 2.05) is 0 Å². The van der Waals surface area contributed by atoms with Crippen LogP contribution in [0.1, 0.15) is 55.6 Å². The lowest BCUT2D eigenvalue weighted by molar-refractivity contribution is 0.259. The fourth-order valence-corrected chi connectivity index (χ4v) is 5.14. The van der Waals surface area contributed by atoms with Gasteiger partial charge in [0, 0.05) is 24.2 Å². The third kappa shape index (κ3) is 2.50. The van der Waals surface area contributed by atoms with Gasteiger partial charge in [0.1, 0.15) is 5.84 Å². The van der Waals surface area contributed by atoms with Gasteiger partial charge in [-0.15, -0.1) is 0 Å². The summed E-state index contributed by atoms with van der Waals surface area (Å²) in [6.07, 6.45) is 8.25. The Labute approximate surface area is 150 Å². The van der Waals surface area contributed by atoms with Crippen molar-refractivity contribution in [3.05, 3.63) is 65.7 Å². The highest BCUT2D eigenvalue weighted by Crippen LogP contribution is 2.47.